The van der Waals surface area contributed by atoms with Crippen LogP contribution in [0.5, 0.6) is 0 Å². The molecule has 0 aliphatic heterocycles. The summed E-state index contributed by atoms with van der Waals surface area (Å²) >= 11 is 0. The van der Waals surface area contributed by atoms with Crippen LogP contribution in [0.3, 0.4) is 0 Å². The average Bonchev–Trinajstić information content (AvgIpc) is 2.97. The van der Waals surface area contributed by atoms with Crippen LogP contribution in [0, 0.1) is 0 Å². The Morgan fingerprint density at radius 2 is 1.91 bits per heavy atom. The zero-order valence-corrected chi connectivity index (χ0v) is 14.2. The van der Waals surface area contributed by atoms with Crippen LogP contribution in [-0.4, -0.2) is 38.3 Å². The third-order valence-corrected chi connectivity index (χ3v) is 4.27. The minimum Gasteiger partial charge on any atom is -0.806 e. The number of hydrogen-bond acceptors (Lipinski definition) is 5. The van der Waals surface area contributed by atoms with Gasteiger partial charge in [-0.25, -0.2) is 4.57 Å². The number of anilines is 1. The van der Waals surface area contributed by atoms with Gasteiger partial charge in [-0.3, -0.25) is 4.68 Å². The zero-order valence-electron chi connectivity index (χ0n) is 13.4. The van der Waals surface area contributed by atoms with Crippen LogP contribution in [0.4, 0.5) is 5.69 Å². The molecule has 2 rings (SSSR count). The van der Waals surface area contributed by atoms with E-state index in [1.165, 1.54) is 29.3 Å². The van der Waals surface area contributed by atoms with E-state index in [-0.39, 0.29) is 11.1 Å². The predicted octanol–water partition coefficient (Wildman–Crippen LogP) is -0.229. The molecule has 0 aliphatic carbocycles. The van der Waals surface area contributed by atoms with Crippen molar-refractivity contribution in [2.45, 2.75) is 24.9 Å². The molecule has 2 aromatic rings. The van der Waals surface area contributed by atoms with Gasteiger partial charge in [-0.15, -0.1) is 0 Å². The summed E-state index contributed by atoms with van der Waals surface area (Å²) in [5.41, 5.74) is 0.882. The molecule has 9 heteroatoms. The van der Waals surface area contributed by atoms with Gasteiger partial charge in [-0.05, 0) is 19.9 Å². The maximum absolute atomic E-state index is 12.1. The van der Waals surface area contributed by atoms with Crippen molar-refractivity contribution < 1.29 is 18.1 Å². The van der Waals surface area contributed by atoms with Crippen molar-refractivity contribution in [3.8, 4) is 0 Å². The summed E-state index contributed by atoms with van der Waals surface area (Å²) in [4.78, 5) is 1.86. The van der Waals surface area contributed by atoms with Crippen molar-refractivity contribution in [3.63, 3.8) is 0 Å². The molecule has 23 heavy (non-hydrogen) atoms. The van der Waals surface area contributed by atoms with Crippen molar-refractivity contribution in [2.75, 3.05) is 19.0 Å². The maximum Gasteiger partial charge on any atom is 0.388 e. The Labute approximate surface area is 135 Å². The third kappa shape index (κ3) is 3.86. The molecular weight excluding hydrogens is 318 g/mol. The third-order valence-electron chi connectivity index (χ3n) is 3.12. The summed E-state index contributed by atoms with van der Waals surface area (Å²) in [5, 5.41) is 15.7. The predicted molar refractivity (Wildman–Crippen MR) is 83.6 cm³/mol. The fourth-order valence-corrected chi connectivity index (χ4v) is 2.61. The van der Waals surface area contributed by atoms with Crippen molar-refractivity contribution in [3.05, 3.63) is 36.8 Å². The summed E-state index contributed by atoms with van der Waals surface area (Å²) in [5.74, 6) is 0. The van der Waals surface area contributed by atoms with Gasteiger partial charge >= 0.3 is 10.0 Å². The number of rotatable bonds is 4. The van der Waals surface area contributed by atoms with E-state index in [4.69, 9.17) is 0 Å². The van der Waals surface area contributed by atoms with E-state index in [9.17, 15) is 13.5 Å². The van der Waals surface area contributed by atoms with Gasteiger partial charge < -0.3 is 10.0 Å². The summed E-state index contributed by atoms with van der Waals surface area (Å²) < 4.78 is 30.2. The van der Waals surface area contributed by atoms with Gasteiger partial charge in [0.15, 0.2) is 0 Å². The van der Waals surface area contributed by atoms with Gasteiger partial charge in [0.05, 0.1) is 12.4 Å². The normalized spacial score (nSPS) is 12.7. The molecule has 0 saturated heterocycles. The number of nitrogens with zero attached hydrogens (tertiary/aromatic N) is 5. The van der Waals surface area contributed by atoms with Crippen molar-refractivity contribution in [2.24, 2.45) is 4.40 Å². The lowest BCUT2D eigenvalue weighted by atomic mass is 10.4. The van der Waals surface area contributed by atoms with Crippen molar-refractivity contribution in [1.29, 1.82) is 0 Å². The van der Waals surface area contributed by atoms with Crippen LogP contribution in [0.25, 0.3) is 0 Å². The quantitative estimate of drug-likeness (QED) is 0.436. The molecule has 0 aliphatic rings. The number of pyridine rings is 1. The standard InChI is InChI=1S/C14H19N5O3S/c1-11(2)19-10-7-13(15-19)23(21,22)16-14(20)18-8-5-12(6-9-18)17(3)4/h5-11H,1-4H3. The van der Waals surface area contributed by atoms with Gasteiger partial charge in [-0.2, -0.15) is 13.5 Å². The second-order valence-corrected chi connectivity index (χ2v) is 6.99. The number of sulfonamides is 1. The van der Waals surface area contributed by atoms with Crippen LogP contribution in [0.1, 0.15) is 19.9 Å². The molecule has 8 nitrogen and oxygen atoms in total. The van der Waals surface area contributed by atoms with E-state index in [2.05, 4.69) is 9.50 Å². The number of hydrogen-bond donors (Lipinski definition) is 0. The van der Waals surface area contributed by atoms with Gasteiger partial charge in [0.1, 0.15) is 0 Å². The molecule has 2 aromatic heterocycles. The first kappa shape index (κ1) is 16.9. The molecule has 0 aromatic carbocycles. The van der Waals surface area contributed by atoms with Crippen LogP contribution >= 0.6 is 0 Å². The lowest BCUT2D eigenvalue weighted by Gasteiger charge is -2.12. The molecule has 0 unspecified atom stereocenters. The Morgan fingerprint density at radius 1 is 1.30 bits per heavy atom. The van der Waals surface area contributed by atoms with E-state index < -0.39 is 16.0 Å². The lowest BCUT2D eigenvalue weighted by Crippen LogP contribution is -2.51. The van der Waals surface area contributed by atoms with Gasteiger partial charge in [0, 0.05) is 48.6 Å². The molecule has 124 valence electrons. The first-order valence-electron chi connectivity index (χ1n) is 6.97. The molecule has 0 saturated carbocycles. The van der Waals surface area contributed by atoms with E-state index in [0.29, 0.717) is 0 Å². The molecule has 2 heterocycles. The molecule has 0 amide bonds. The van der Waals surface area contributed by atoms with E-state index in [0.717, 1.165) is 10.3 Å². The molecule has 0 atom stereocenters. The first-order chi connectivity index (χ1) is 10.7. The van der Waals surface area contributed by atoms with Crippen LogP contribution in [0.2, 0.25) is 0 Å². The zero-order chi connectivity index (χ0) is 17.2. The minimum absolute atomic E-state index is 0.0163. The Bertz CT molecular complexity index is 807. The van der Waals surface area contributed by atoms with E-state index >= 15 is 0 Å². The maximum atomic E-state index is 12.1. The van der Waals surface area contributed by atoms with Crippen molar-refractivity contribution >= 4 is 21.7 Å². The van der Waals surface area contributed by atoms with Gasteiger partial charge in [0.25, 0.3) is 6.02 Å². The summed E-state index contributed by atoms with van der Waals surface area (Å²) in [6, 6.07) is 3.82. The lowest BCUT2D eigenvalue weighted by molar-refractivity contribution is -0.613. The SMILES string of the molecule is CC(C)n1ccc(S(=O)(=O)N=C([O-])[n+]2ccc(N(C)C)cc2)n1. The minimum atomic E-state index is -4.13. The second kappa shape index (κ2) is 6.37. The molecule has 0 bridgehead atoms. The monoisotopic (exact) mass is 337 g/mol. The molecule has 0 fully saturated rings. The number of aromatic nitrogens is 3. The molecular formula is C14H19N5O3S. The Kier molecular flexibility index (Phi) is 4.69. The smallest absolute Gasteiger partial charge is 0.388 e. The summed E-state index contributed by atoms with van der Waals surface area (Å²) in [7, 11) is -0.410. The summed E-state index contributed by atoms with van der Waals surface area (Å²) in [6.07, 6.45) is 4.46. The molecule has 0 radical (unpaired) electrons. The fraction of sp³-hybridized carbons (Fsp3) is 0.357. The Balaban J connectivity index is 2.30. The summed E-state index contributed by atoms with van der Waals surface area (Å²) in [6.45, 7) is 3.74. The van der Waals surface area contributed by atoms with Gasteiger partial charge in [0.2, 0.25) is 5.03 Å². The molecule has 0 N–H and O–H groups in total. The average molecular weight is 337 g/mol. The first-order valence-corrected chi connectivity index (χ1v) is 8.41. The van der Waals surface area contributed by atoms with Crippen LogP contribution in [0.15, 0.2) is 46.2 Å². The van der Waals surface area contributed by atoms with Gasteiger partial charge in [-0.1, -0.05) is 0 Å². The molecule has 0 spiro atoms. The topological polar surface area (TPSA) is 94.5 Å². The highest BCUT2D eigenvalue weighted by molar-refractivity contribution is 7.90. The van der Waals surface area contributed by atoms with Crippen molar-refractivity contribution in [1.82, 2.24) is 9.78 Å². The second-order valence-electron chi connectivity index (χ2n) is 5.43. The highest BCUT2D eigenvalue weighted by Gasteiger charge is 2.23. The highest BCUT2D eigenvalue weighted by atomic mass is 32.2. The van der Waals surface area contributed by atoms with Crippen LogP contribution < -0.4 is 14.6 Å². The van der Waals surface area contributed by atoms with E-state index in [1.807, 2.05) is 32.8 Å². The highest BCUT2D eigenvalue weighted by Crippen LogP contribution is 2.12. The fourth-order valence-electron chi connectivity index (χ4n) is 1.79. The largest absolute Gasteiger partial charge is 0.806 e. The Morgan fingerprint density at radius 3 is 2.39 bits per heavy atom. The van der Waals surface area contributed by atoms with E-state index in [1.54, 1.807) is 12.1 Å². The van der Waals surface area contributed by atoms with Crippen LogP contribution in [-0.2, 0) is 10.0 Å². The Hall–Kier alpha value is -2.42.